The zero-order chi connectivity index (χ0) is 18.7. The van der Waals surface area contributed by atoms with Gasteiger partial charge in [0.2, 0.25) is 0 Å². The number of hydrogen-bond acceptors (Lipinski definition) is 4. The second-order valence-electron chi connectivity index (χ2n) is 6.18. The molecule has 1 N–H and O–H groups in total. The third-order valence-electron chi connectivity index (χ3n) is 4.24. The van der Waals surface area contributed by atoms with E-state index in [0.29, 0.717) is 21.7 Å². The molecule has 0 bridgehead atoms. The third-order valence-corrected chi connectivity index (χ3v) is 4.66. The zero-order valence-corrected chi connectivity index (χ0v) is 15.5. The summed E-state index contributed by atoms with van der Waals surface area (Å²) in [7, 11) is 0. The lowest BCUT2D eigenvalue weighted by molar-refractivity contribution is 0.275. The summed E-state index contributed by atoms with van der Waals surface area (Å²) in [6.07, 6.45) is 0. The van der Waals surface area contributed by atoms with Crippen molar-refractivity contribution < 1.29 is 5.11 Å². The molecule has 0 amide bonds. The molecule has 0 fully saturated rings. The first kappa shape index (κ1) is 18.0. The molecule has 3 aromatic rings. The number of aryl methyl sites for hydroxylation is 2. The standard InChI is InChI=1S/C21H19N3OS/c1-14-3-7-16(8-4-14)19-18(13-22)21(26)24(11-12-25)20(23-19)17-9-5-15(2)6-10-17/h3-10,25H,11-12H2,1-2H3. The van der Waals surface area contributed by atoms with E-state index in [1.54, 1.807) is 4.57 Å². The summed E-state index contributed by atoms with van der Waals surface area (Å²) in [6.45, 7) is 4.24. The average molecular weight is 361 g/mol. The number of nitrogens with zero attached hydrogens (tertiary/aromatic N) is 3. The van der Waals surface area contributed by atoms with E-state index in [1.165, 1.54) is 0 Å². The van der Waals surface area contributed by atoms with Gasteiger partial charge in [-0.05, 0) is 13.8 Å². The molecule has 0 atom stereocenters. The van der Waals surface area contributed by atoms with E-state index < -0.39 is 0 Å². The van der Waals surface area contributed by atoms with Crippen LogP contribution in [0.3, 0.4) is 0 Å². The van der Waals surface area contributed by atoms with E-state index in [0.717, 1.165) is 22.3 Å². The average Bonchev–Trinajstić information content (AvgIpc) is 2.65. The van der Waals surface area contributed by atoms with Crippen LogP contribution in [0.25, 0.3) is 22.6 Å². The summed E-state index contributed by atoms with van der Waals surface area (Å²) in [6, 6.07) is 18.0. The van der Waals surface area contributed by atoms with Crippen molar-refractivity contribution in [1.29, 1.82) is 5.26 Å². The molecule has 2 aromatic carbocycles. The minimum atomic E-state index is -0.0798. The van der Waals surface area contributed by atoms with E-state index in [4.69, 9.17) is 17.2 Å². The molecular weight excluding hydrogens is 342 g/mol. The molecule has 0 saturated heterocycles. The Bertz CT molecular complexity index is 1030. The van der Waals surface area contributed by atoms with Crippen molar-refractivity contribution in [1.82, 2.24) is 9.55 Å². The molecule has 0 unspecified atom stereocenters. The molecule has 0 aliphatic carbocycles. The number of benzene rings is 2. The van der Waals surface area contributed by atoms with Crippen LogP contribution in [0.4, 0.5) is 0 Å². The predicted molar refractivity (Wildman–Crippen MR) is 105 cm³/mol. The van der Waals surface area contributed by atoms with Crippen LogP contribution in [0.5, 0.6) is 0 Å². The van der Waals surface area contributed by atoms with Crippen molar-refractivity contribution in [2.24, 2.45) is 0 Å². The van der Waals surface area contributed by atoms with Crippen molar-refractivity contribution in [3.8, 4) is 28.7 Å². The van der Waals surface area contributed by atoms with Crippen LogP contribution >= 0.6 is 12.2 Å². The maximum absolute atomic E-state index is 9.67. The van der Waals surface area contributed by atoms with Crippen molar-refractivity contribution in [2.45, 2.75) is 20.4 Å². The molecule has 0 aliphatic rings. The molecular formula is C21H19N3OS. The van der Waals surface area contributed by atoms with Crippen molar-refractivity contribution in [2.75, 3.05) is 6.61 Å². The Morgan fingerprint density at radius 3 is 2.04 bits per heavy atom. The lowest BCUT2D eigenvalue weighted by Crippen LogP contribution is -2.12. The van der Waals surface area contributed by atoms with Crippen LogP contribution in [0.15, 0.2) is 48.5 Å². The van der Waals surface area contributed by atoms with Crippen LogP contribution < -0.4 is 0 Å². The highest BCUT2D eigenvalue weighted by Crippen LogP contribution is 2.28. The highest BCUT2D eigenvalue weighted by atomic mass is 32.1. The zero-order valence-electron chi connectivity index (χ0n) is 14.7. The fourth-order valence-corrected chi connectivity index (χ4v) is 3.13. The maximum atomic E-state index is 9.67. The van der Waals surface area contributed by atoms with Crippen molar-refractivity contribution in [3.05, 3.63) is 69.9 Å². The van der Waals surface area contributed by atoms with Crippen LogP contribution in [0.2, 0.25) is 0 Å². The number of hydrogen-bond donors (Lipinski definition) is 1. The summed E-state index contributed by atoms with van der Waals surface area (Å²) in [5.74, 6) is 0.652. The SMILES string of the molecule is Cc1ccc(-c2nc(-c3ccc(C)cc3)n(CCO)c(=S)c2C#N)cc1. The normalized spacial score (nSPS) is 10.5. The smallest absolute Gasteiger partial charge is 0.141 e. The molecule has 4 nitrogen and oxygen atoms in total. The highest BCUT2D eigenvalue weighted by molar-refractivity contribution is 7.71. The number of aromatic nitrogens is 2. The van der Waals surface area contributed by atoms with E-state index in [2.05, 4.69) is 6.07 Å². The Labute approximate surface area is 158 Å². The van der Waals surface area contributed by atoms with Crippen molar-refractivity contribution >= 4 is 12.2 Å². The van der Waals surface area contributed by atoms with Gasteiger partial charge in [0, 0.05) is 17.7 Å². The Balaban J connectivity index is 2.32. The minimum Gasteiger partial charge on any atom is -0.395 e. The van der Waals surface area contributed by atoms with Gasteiger partial charge >= 0.3 is 0 Å². The lowest BCUT2D eigenvalue weighted by atomic mass is 10.0. The Kier molecular flexibility index (Phi) is 5.27. The molecule has 1 heterocycles. The second kappa shape index (κ2) is 7.61. The molecule has 0 radical (unpaired) electrons. The molecule has 0 aliphatic heterocycles. The van der Waals surface area contributed by atoms with Gasteiger partial charge in [0.15, 0.2) is 0 Å². The van der Waals surface area contributed by atoms with E-state index in [-0.39, 0.29) is 13.2 Å². The first-order chi connectivity index (χ1) is 12.5. The number of aliphatic hydroxyl groups is 1. The summed E-state index contributed by atoms with van der Waals surface area (Å²) in [5, 5.41) is 19.1. The molecule has 5 heteroatoms. The first-order valence-corrected chi connectivity index (χ1v) is 8.76. The van der Waals surface area contributed by atoms with Crippen LogP contribution in [0, 0.1) is 29.8 Å². The summed E-state index contributed by atoms with van der Waals surface area (Å²) in [4.78, 5) is 4.79. The van der Waals surface area contributed by atoms with Crippen LogP contribution in [-0.2, 0) is 6.54 Å². The van der Waals surface area contributed by atoms with Gasteiger partial charge in [0.25, 0.3) is 0 Å². The minimum absolute atomic E-state index is 0.0798. The van der Waals surface area contributed by atoms with Crippen molar-refractivity contribution in [3.63, 3.8) is 0 Å². The summed E-state index contributed by atoms with van der Waals surface area (Å²) >= 11 is 5.57. The number of aliphatic hydroxyl groups excluding tert-OH is 1. The Morgan fingerprint density at radius 2 is 1.54 bits per heavy atom. The van der Waals surface area contributed by atoms with Crippen LogP contribution in [-0.4, -0.2) is 21.3 Å². The molecule has 1 aromatic heterocycles. The topological polar surface area (TPSA) is 61.8 Å². The maximum Gasteiger partial charge on any atom is 0.141 e. The van der Waals surface area contributed by atoms with Gasteiger partial charge in [-0.3, -0.25) is 0 Å². The fourth-order valence-electron chi connectivity index (χ4n) is 2.81. The second-order valence-corrected chi connectivity index (χ2v) is 6.57. The van der Waals surface area contributed by atoms with Gasteiger partial charge < -0.3 is 9.67 Å². The van der Waals surface area contributed by atoms with E-state index >= 15 is 0 Å². The third kappa shape index (κ3) is 3.43. The predicted octanol–water partition coefficient (Wildman–Crippen LogP) is 4.43. The largest absolute Gasteiger partial charge is 0.395 e. The first-order valence-electron chi connectivity index (χ1n) is 8.35. The monoisotopic (exact) mass is 361 g/mol. The quantitative estimate of drug-likeness (QED) is 0.699. The highest BCUT2D eigenvalue weighted by Gasteiger charge is 2.16. The molecule has 0 spiro atoms. The van der Waals surface area contributed by atoms with E-state index in [9.17, 15) is 10.4 Å². The Morgan fingerprint density at radius 1 is 1.00 bits per heavy atom. The molecule has 0 saturated carbocycles. The van der Waals surface area contributed by atoms with Gasteiger partial charge in [-0.25, -0.2) is 4.98 Å². The lowest BCUT2D eigenvalue weighted by Gasteiger charge is -2.16. The van der Waals surface area contributed by atoms with Gasteiger partial charge in [-0.2, -0.15) is 5.26 Å². The van der Waals surface area contributed by atoms with Gasteiger partial charge in [0.05, 0.1) is 12.3 Å². The van der Waals surface area contributed by atoms with Crippen LogP contribution in [0.1, 0.15) is 16.7 Å². The number of rotatable bonds is 4. The molecule has 130 valence electrons. The van der Waals surface area contributed by atoms with E-state index in [1.807, 2.05) is 62.4 Å². The molecule has 26 heavy (non-hydrogen) atoms. The number of nitriles is 1. The summed E-state index contributed by atoms with van der Waals surface area (Å²) < 4.78 is 2.12. The van der Waals surface area contributed by atoms with Gasteiger partial charge in [0.1, 0.15) is 22.1 Å². The fraction of sp³-hybridized carbons (Fsp3) is 0.190. The Hall–Kier alpha value is -2.81. The van der Waals surface area contributed by atoms with Gasteiger partial charge in [-0.1, -0.05) is 71.9 Å². The molecule has 3 rings (SSSR count). The van der Waals surface area contributed by atoms with Gasteiger partial charge in [-0.15, -0.1) is 0 Å². The summed E-state index contributed by atoms with van der Waals surface area (Å²) in [5.41, 5.74) is 4.95.